The van der Waals surface area contributed by atoms with Gasteiger partial charge in [0.05, 0.1) is 5.69 Å². The Balaban J connectivity index is 2.18. The Morgan fingerprint density at radius 2 is 1.89 bits per heavy atom. The quantitative estimate of drug-likeness (QED) is 0.753. The first-order valence-electron chi connectivity index (χ1n) is 5.90. The molecule has 0 saturated heterocycles. The van der Waals surface area contributed by atoms with Crippen LogP contribution < -0.4 is 0 Å². The van der Waals surface area contributed by atoms with Gasteiger partial charge in [0.15, 0.2) is 0 Å². The van der Waals surface area contributed by atoms with Crippen molar-refractivity contribution < 1.29 is 8.78 Å². The molecule has 0 unspecified atom stereocenters. The van der Waals surface area contributed by atoms with E-state index >= 15 is 0 Å². The van der Waals surface area contributed by atoms with Crippen molar-refractivity contribution in [3.05, 3.63) is 52.9 Å². The Hall–Kier alpha value is -1.68. The summed E-state index contributed by atoms with van der Waals surface area (Å²) in [6, 6.07) is 5.79. The van der Waals surface area contributed by atoms with Crippen LogP contribution in [0.4, 0.5) is 8.78 Å². The van der Waals surface area contributed by atoms with Crippen LogP contribution in [0.5, 0.6) is 0 Å². The maximum atomic E-state index is 13.9. The van der Waals surface area contributed by atoms with Gasteiger partial charge < -0.3 is 4.57 Å². The molecule has 0 aliphatic carbocycles. The molecule has 1 aliphatic rings. The van der Waals surface area contributed by atoms with Crippen LogP contribution in [0, 0.1) is 18.6 Å². The molecular formula is C14H14F2N2. The molecule has 0 atom stereocenters. The Kier molecular flexibility index (Phi) is 2.48. The summed E-state index contributed by atoms with van der Waals surface area (Å²) in [5, 5.41) is 0. The zero-order valence-corrected chi connectivity index (χ0v) is 10.4. The summed E-state index contributed by atoms with van der Waals surface area (Å²) in [4.78, 5) is 2.17. The summed E-state index contributed by atoms with van der Waals surface area (Å²) < 4.78 is 28.7. The van der Waals surface area contributed by atoms with E-state index in [0.29, 0.717) is 5.69 Å². The Morgan fingerprint density at radius 1 is 1.11 bits per heavy atom. The summed E-state index contributed by atoms with van der Waals surface area (Å²) in [5.41, 5.74) is 3.73. The van der Waals surface area contributed by atoms with Gasteiger partial charge in [-0.05, 0) is 37.7 Å². The van der Waals surface area contributed by atoms with Crippen molar-refractivity contribution in [1.29, 1.82) is 0 Å². The number of benzene rings is 1. The van der Waals surface area contributed by atoms with Crippen molar-refractivity contribution in [2.24, 2.45) is 0 Å². The smallest absolute Gasteiger partial charge is 0.150 e. The molecule has 2 aromatic rings. The van der Waals surface area contributed by atoms with Gasteiger partial charge in [-0.3, -0.25) is 4.90 Å². The predicted molar refractivity (Wildman–Crippen MR) is 65.6 cm³/mol. The molecule has 1 aliphatic heterocycles. The van der Waals surface area contributed by atoms with E-state index < -0.39 is 11.6 Å². The van der Waals surface area contributed by atoms with E-state index in [1.807, 2.05) is 18.5 Å². The summed E-state index contributed by atoms with van der Waals surface area (Å²) in [6.07, 6.45) is 0. The second kappa shape index (κ2) is 3.92. The van der Waals surface area contributed by atoms with Gasteiger partial charge in [-0.1, -0.05) is 0 Å². The number of hydrogen-bond donors (Lipinski definition) is 0. The fourth-order valence-electron chi connectivity index (χ4n) is 2.67. The summed E-state index contributed by atoms with van der Waals surface area (Å²) in [5.74, 6) is -1.07. The van der Waals surface area contributed by atoms with Crippen LogP contribution in [-0.2, 0) is 13.1 Å². The molecule has 4 heteroatoms. The number of halogens is 2. The van der Waals surface area contributed by atoms with Crippen LogP contribution >= 0.6 is 0 Å². The van der Waals surface area contributed by atoms with Crippen LogP contribution in [0.3, 0.4) is 0 Å². The molecule has 94 valence electrons. The highest BCUT2D eigenvalue weighted by molar-refractivity contribution is 5.43. The summed E-state index contributed by atoms with van der Waals surface area (Å²) in [6.45, 7) is 3.62. The molecule has 0 N–H and O–H groups in total. The van der Waals surface area contributed by atoms with E-state index in [1.54, 1.807) is 0 Å². The molecule has 1 aromatic heterocycles. The fourth-order valence-corrected chi connectivity index (χ4v) is 2.67. The molecule has 3 rings (SSSR count). The number of hydrogen-bond acceptors (Lipinski definition) is 1. The van der Waals surface area contributed by atoms with Gasteiger partial charge in [0, 0.05) is 30.5 Å². The number of rotatable bonds is 1. The first-order valence-corrected chi connectivity index (χ1v) is 5.90. The van der Waals surface area contributed by atoms with E-state index in [0.717, 1.165) is 30.5 Å². The average molecular weight is 248 g/mol. The second-order valence-electron chi connectivity index (χ2n) is 4.86. The molecule has 18 heavy (non-hydrogen) atoms. The van der Waals surface area contributed by atoms with Gasteiger partial charge in [0.1, 0.15) is 11.6 Å². The van der Waals surface area contributed by atoms with Crippen molar-refractivity contribution in [3.8, 4) is 5.69 Å². The second-order valence-corrected chi connectivity index (χ2v) is 4.86. The fraction of sp³-hybridized carbons (Fsp3) is 0.286. The number of aromatic nitrogens is 1. The predicted octanol–water partition coefficient (Wildman–Crippen LogP) is 3.01. The van der Waals surface area contributed by atoms with Gasteiger partial charge in [0.25, 0.3) is 0 Å². The zero-order chi connectivity index (χ0) is 12.9. The van der Waals surface area contributed by atoms with Crippen LogP contribution in [0.1, 0.15) is 17.0 Å². The van der Waals surface area contributed by atoms with Gasteiger partial charge in [-0.15, -0.1) is 0 Å². The minimum Gasteiger partial charge on any atom is -0.314 e. The minimum atomic E-state index is -0.546. The highest BCUT2D eigenvalue weighted by Crippen LogP contribution is 2.29. The molecule has 1 aromatic carbocycles. The van der Waals surface area contributed by atoms with Crippen LogP contribution in [0.2, 0.25) is 0 Å². The minimum absolute atomic E-state index is 0.422. The zero-order valence-electron chi connectivity index (χ0n) is 10.4. The highest BCUT2D eigenvalue weighted by Gasteiger charge is 2.23. The first-order chi connectivity index (χ1) is 8.56. The van der Waals surface area contributed by atoms with Gasteiger partial charge >= 0.3 is 0 Å². The van der Waals surface area contributed by atoms with Crippen LogP contribution in [0.15, 0.2) is 24.3 Å². The van der Waals surface area contributed by atoms with E-state index in [2.05, 4.69) is 11.0 Å². The largest absolute Gasteiger partial charge is 0.314 e. The molecule has 0 bridgehead atoms. The third kappa shape index (κ3) is 1.64. The molecule has 0 spiro atoms. The standard InChI is InChI=1S/C14H14F2N2/c1-9-5-10-7-17(2)8-14(10)18(9)13-4-3-11(15)6-12(13)16/h3-6H,7-8H2,1-2H3. The number of aryl methyl sites for hydroxylation is 1. The monoisotopic (exact) mass is 248 g/mol. The van der Waals surface area contributed by atoms with Gasteiger partial charge in [-0.2, -0.15) is 0 Å². The molecule has 2 nitrogen and oxygen atoms in total. The Morgan fingerprint density at radius 3 is 2.61 bits per heavy atom. The first kappa shape index (κ1) is 11.4. The normalized spacial score (nSPS) is 15.1. The SMILES string of the molecule is Cc1cc2c(n1-c1ccc(F)cc1F)CN(C)C2. The molecular weight excluding hydrogens is 234 g/mol. The summed E-state index contributed by atoms with van der Waals surface area (Å²) in [7, 11) is 2.03. The van der Waals surface area contributed by atoms with Gasteiger partial charge in [0.2, 0.25) is 0 Å². The van der Waals surface area contributed by atoms with Crippen molar-refractivity contribution in [1.82, 2.24) is 9.47 Å². The molecule has 0 amide bonds. The lowest BCUT2D eigenvalue weighted by molar-refractivity contribution is 0.348. The summed E-state index contributed by atoms with van der Waals surface area (Å²) >= 11 is 0. The molecule has 0 saturated carbocycles. The van der Waals surface area contributed by atoms with Crippen molar-refractivity contribution in [3.63, 3.8) is 0 Å². The maximum Gasteiger partial charge on any atom is 0.150 e. The lowest BCUT2D eigenvalue weighted by Gasteiger charge is -2.13. The third-order valence-electron chi connectivity index (χ3n) is 3.39. The van der Waals surface area contributed by atoms with Crippen molar-refractivity contribution in [2.75, 3.05) is 7.05 Å². The van der Waals surface area contributed by atoms with Gasteiger partial charge in [-0.25, -0.2) is 8.78 Å². The average Bonchev–Trinajstić information content (AvgIpc) is 2.75. The number of fused-ring (bicyclic) bond motifs is 1. The van der Waals surface area contributed by atoms with E-state index in [9.17, 15) is 8.78 Å². The Labute approximate surface area is 104 Å². The Bertz CT molecular complexity index is 616. The topological polar surface area (TPSA) is 8.17 Å². The molecule has 0 radical (unpaired) electrons. The lowest BCUT2D eigenvalue weighted by Crippen LogP contribution is -2.12. The molecule has 0 fully saturated rings. The van der Waals surface area contributed by atoms with Crippen molar-refractivity contribution >= 4 is 0 Å². The van der Waals surface area contributed by atoms with Crippen LogP contribution in [0.25, 0.3) is 5.69 Å². The van der Waals surface area contributed by atoms with Crippen molar-refractivity contribution in [2.45, 2.75) is 20.0 Å². The lowest BCUT2D eigenvalue weighted by atomic mass is 10.2. The van der Waals surface area contributed by atoms with Crippen LogP contribution in [-0.4, -0.2) is 16.5 Å². The van der Waals surface area contributed by atoms with E-state index in [-0.39, 0.29) is 0 Å². The van der Waals surface area contributed by atoms with E-state index in [4.69, 9.17) is 0 Å². The third-order valence-corrected chi connectivity index (χ3v) is 3.39. The van der Waals surface area contributed by atoms with E-state index in [1.165, 1.54) is 17.7 Å². The highest BCUT2D eigenvalue weighted by atomic mass is 19.1. The molecule has 2 heterocycles. The number of nitrogens with zero attached hydrogens (tertiary/aromatic N) is 2. The maximum absolute atomic E-state index is 13.9.